The van der Waals surface area contributed by atoms with E-state index in [2.05, 4.69) is 20.9 Å². The molecule has 1 aromatic heterocycles. The number of phenols is 1. The van der Waals surface area contributed by atoms with Gasteiger partial charge in [0.2, 0.25) is 5.91 Å². The Hall–Kier alpha value is -4.21. The van der Waals surface area contributed by atoms with Crippen LogP contribution in [0.3, 0.4) is 0 Å². The molecule has 1 aliphatic heterocycles. The lowest BCUT2D eigenvalue weighted by atomic mass is 9.99. The quantitative estimate of drug-likeness (QED) is 0.434. The van der Waals surface area contributed by atoms with E-state index in [4.69, 9.17) is 4.74 Å². The molecular weight excluding hydrogens is 458 g/mol. The van der Waals surface area contributed by atoms with Crippen LogP contribution in [0, 0.1) is 17.6 Å². The minimum absolute atomic E-state index is 0.0799. The fourth-order valence-corrected chi connectivity index (χ4v) is 4.91. The lowest BCUT2D eigenvalue weighted by Gasteiger charge is -2.20. The van der Waals surface area contributed by atoms with Crippen LogP contribution in [-0.2, 0) is 11.2 Å². The highest BCUT2D eigenvalue weighted by Crippen LogP contribution is 2.77. The van der Waals surface area contributed by atoms with Crippen molar-refractivity contribution in [3.05, 3.63) is 71.4 Å². The molecule has 0 radical (unpaired) electrons. The van der Waals surface area contributed by atoms with Crippen molar-refractivity contribution in [3.8, 4) is 17.2 Å². The van der Waals surface area contributed by atoms with Crippen LogP contribution in [0.5, 0.6) is 17.2 Å². The van der Waals surface area contributed by atoms with Crippen LogP contribution in [0.2, 0.25) is 0 Å². The monoisotopic (exact) mass is 478 g/mol. The Kier molecular flexibility index (Phi) is 4.67. The number of nitrogens with zero attached hydrogens (tertiary/aromatic N) is 1. The molecule has 8 nitrogen and oxygen atoms in total. The molecule has 2 aromatic carbocycles. The molecule has 178 valence electrons. The van der Waals surface area contributed by atoms with Crippen LogP contribution >= 0.6 is 0 Å². The molecule has 3 amide bonds. The number of phenolic OH excluding ortho intramolecular Hbond substituents is 1. The van der Waals surface area contributed by atoms with Crippen molar-refractivity contribution in [3.63, 3.8) is 0 Å². The van der Waals surface area contributed by atoms with Gasteiger partial charge in [-0.15, -0.1) is 0 Å². The van der Waals surface area contributed by atoms with Crippen LogP contribution in [0.25, 0.3) is 0 Å². The fraction of sp³-hybridized carbons (Fsp3) is 0.240. The number of pyridine rings is 1. The smallest absolute Gasteiger partial charge is 0.319 e. The predicted molar refractivity (Wildman–Crippen MR) is 121 cm³/mol. The lowest BCUT2D eigenvalue weighted by molar-refractivity contribution is -0.116. The number of halogens is 2. The normalized spacial score (nSPS) is 23.4. The van der Waals surface area contributed by atoms with Crippen molar-refractivity contribution >= 4 is 23.4 Å². The number of urea groups is 1. The van der Waals surface area contributed by atoms with E-state index >= 15 is 0 Å². The van der Waals surface area contributed by atoms with Crippen molar-refractivity contribution in [1.29, 1.82) is 0 Å². The third-order valence-electron chi connectivity index (χ3n) is 6.86. The molecule has 3 aromatic rings. The number of anilines is 2. The number of fused-ring (bicyclic) bond motifs is 2. The van der Waals surface area contributed by atoms with Crippen molar-refractivity contribution in [1.82, 2.24) is 10.3 Å². The summed E-state index contributed by atoms with van der Waals surface area (Å²) in [5.74, 6) is 0.140. The Bertz CT molecular complexity index is 1400. The van der Waals surface area contributed by atoms with Crippen LogP contribution in [-0.4, -0.2) is 27.6 Å². The molecule has 2 fully saturated rings. The summed E-state index contributed by atoms with van der Waals surface area (Å²) in [7, 11) is 0. The average Bonchev–Trinajstić information content (AvgIpc) is 3.68. The Morgan fingerprint density at radius 3 is 2.86 bits per heavy atom. The number of nitrogens with one attached hydrogen (secondary N) is 3. The minimum Gasteiger partial charge on any atom is -0.508 e. The number of hydrogen-bond donors (Lipinski definition) is 4. The van der Waals surface area contributed by atoms with Crippen LogP contribution < -0.4 is 20.7 Å². The first-order valence-electron chi connectivity index (χ1n) is 11.2. The lowest BCUT2D eigenvalue weighted by Crippen LogP contribution is -2.36. The number of hydrogen-bond acceptors (Lipinski definition) is 5. The third kappa shape index (κ3) is 3.71. The zero-order chi connectivity index (χ0) is 24.3. The maximum atomic E-state index is 13.9. The molecule has 0 spiro atoms. The number of benzene rings is 2. The molecule has 4 N–H and O–H groups in total. The third-order valence-corrected chi connectivity index (χ3v) is 6.86. The summed E-state index contributed by atoms with van der Waals surface area (Å²) in [6, 6.07) is 8.81. The highest BCUT2D eigenvalue weighted by Gasteiger charge is 2.80. The SMILES string of the molecule is O=C1CCc2c(Oc3ccc(O)c([C@@H]4[C@@H]5C[C@@]45NC(=O)Nc4cc(F)ccc4F)c3)ccnc2N1. The minimum atomic E-state index is -0.737. The number of amides is 3. The summed E-state index contributed by atoms with van der Waals surface area (Å²) in [5.41, 5.74) is 0.649. The summed E-state index contributed by atoms with van der Waals surface area (Å²) in [6.45, 7) is 0. The van der Waals surface area contributed by atoms with E-state index in [9.17, 15) is 23.5 Å². The van der Waals surface area contributed by atoms with Gasteiger partial charge in [-0.3, -0.25) is 4.79 Å². The van der Waals surface area contributed by atoms with Gasteiger partial charge in [0.25, 0.3) is 0 Å². The van der Waals surface area contributed by atoms with Gasteiger partial charge >= 0.3 is 6.03 Å². The number of ether oxygens (including phenoxy) is 1. The molecule has 0 unspecified atom stereocenters. The van der Waals surface area contributed by atoms with Gasteiger partial charge in [-0.25, -0.2) is 18.6 Å². The van der Waals surface area contributed by atoms with Gasteiger partial charge in [0.15, 0.2) is 0 Å². The van der Waals surface area contributed by atoms with Crippen molar-refractivity contribution in [2.24, 2.45) is 5.92 Å². The van der Waals surface area contributed by atoms with Gasteiger partial charge in [-0.2, -0.15) is 0 Å². The average molecular weight is 478 g/mol. The highest BCUT2D eigenvalue weighted by molar-refractivity contribution is 5.93. The summed E-state index contributed by atoms with van der Waals surface area (Å²) in [4.78, 5) is 28.3. The Balaban J connectivity index is 1.18. The molecule has 2 aliphatic carbocycles. The maximum Gasteiger partial charge on any atom is 0.319 e. The van der Waals surface area contributed by atoms with E-state index in [-0.39, 0.29) is 29.2 Å². The molecule has 2 heterocycles. The summed E-state index contributed by atoms with van der Waals surface area (Å²) in [5, 5.41) is 18.4. The number of aromatic nitrogens is 1. The fourth-order valence-electron chi connectivity index (χ4n) is 4.91. The molecule has 35 heavy (non-hydrogen) atoms. The summed E-state index contributed by atoms with van der Waals surface area (Å²) < 4.78 is 33.3. The molecule has 6 rings (SSSR count). The number of carbonyl (C=O) groups excluding carboxylic acids is 2. The standard InChI is InChI=1S/C25H20F2N4O4/c26-12-1-4-17(27)18(9-12)29-24(34)31-25-11-16(25)22(25)15-10-13(2-5-19(15)32)35-20-7-8-28-23-14(20)3-6-21(33)30-23/h1-2,4-5,7-10,16,22,32H,3,6,11H2,(H,28,30,33)(H2,29,31,34)/t16-,22+,25-/m0/s1. The predicted octanol–water partition coefficient (Wildman–Crippen LogP) is 4.42. The Morgan fingerprint density at radius 2 is 2.03 bits per heavy atom. The topological polar surface area (TPSA) is 113 Å². The summed E-state index contributed by atoms with van der Waals surface area (Å²) in [6.07, 6.45) is 3.12. The second-order valence-corrected chi connectivity index (χ2v) is 9.04. The second kappa shape index (κ2) is 7.66. The van der Waals surface area contributed by atoms with Gasteiger partial charge in [-0.05, 0) is 55.2 Å². The highest BCUT2D eigenvalue weighted by atomic mass is 19.1. The van der Waals surface area contributed by atoms with E-state index in [0.717, 1.165) is 30.2 Å². The second-order valence-electron chi connectivity index (χ2n) is 9.04. The van der Waals surface area contributed by atoms with Gasteiger partial charge in [-0.1, -0.05) is 0 Å². The van der Waals surface area contributed by atoms with Crippen molar-refractivity contribution in [2.45, 2.75) is 30.7 Å². The van der Waals surface area contributed by atoms with Crippen LogP contribution in [0.15, 0.2) is 48.7 Å². The Labute approximate surface area is 198 Å². The van der Waals surface area contributed by atoms with E-state index in [1.807, 2.05) is 0 Å². The van der Waals surface area contributed by atoms with Gasteiger partial charge in [0.1, 0.15) is 34.7 Å². The zero-order valence-electron chi connectivity index (χ0n) is 18.3. The molecular formula is C25H20F2N4O4. The van der Waals surface area contributed by atoms with Crippen molar-refractivity contribution < 1.29 is 28.2 Å². The van der Waals surface area contributed by atoms with E-state index in [1.54, 1.807) is 24.4 Å². The largest absolute Gasteiger partial charge is 0.508 e. The molecule has 0 saturated heterocycles. The van der Waals surface area contributed by atoms with Crippen LogP contribution in [0.4, 0.5) is 25.1 Å². The first kappa shape index (κ1) is 21.3. The van der Waals surface area contributed by atoms with E-state index in [1.165, 1.54) is 6.07 Å². The molecule has 10 heteroatoms. The molecule has 3 atom stereocenters. The number of carbonyl (C=O) groups is 2. The van der Waals surface area contributed by atoms with Crippen LogP contribution in [0.1, 0.15) is 29.9 Å². The summed E-state index contributed by atoms with van der Waals surface area (Å²) >= 11 is 0. The first-order chi connectivity index (χ1) is 16.8. The van der Waals surface area contributed by atoms with Gasteiger partial charge in [0.05, 0.1) is 11.2 Å². The molecule has 2 saturated carbocycles. The van der Waals surface area contributed by atoms with Gasteiger partial charge < -0.3 is 25.8 Å². The van der Waals surface area contributed by atoms with E-state index in [0.29, 0.717) is 35.7 Å². The van der Waals surface area contributed by atoms with E-state index < -0.39 is 23.2 Å². The molecule has 3 aliphatic rings. The number of rotatable bonds is 5. The number of aromatic hydroxyl groups is 1. The van der Waals surface area contributed by atoms with Gasteiger partial charge in [0, 0.05) is 35.7 Å². The maximum absolute atomic E-state index is 13.9. The van der Waals surface area contributed by atoms with Crippen molar-refractivity contribution in [2.75, 3.05) is 10.6 Å². The molecule has 0 bridgehead atoms. The first-order valence-corrected chi connectivity index (χ1v) is 11.2. The zero-order valence-corrected chi connectivity index (χ0v) is 18.3. The Morgan fingerprint density at radius 1 is 1.17 bits per heavy atom.